The fourth-order valence-corrected chi connectivity index (χ4v) is 2.51. The number of halogens is 2. The number of benzene rings is 2. The van der Waals surface area contributed by atoms with Crippen LogP contribution >= 0.6 is 0 Å². The molecular weight excluding hydrogens is 364 g/mol. The lowest BCUT2D eigenvalue weighted by atomic mass is 10.1. The molecule has 0 atom stereocenters. The number of nitrogens with one attached hydrogen (secondary N) is 2. The summed E-state index contributed by atoms with van der Waals surface area (Å²) in [6.07, 6.45) is 0. The molecule has 144 valence electrons. The molecule has 0 fully saturated rings. The highest BCUT2D eigenvalue weighted by molar-refractivity contribution is 6.04. The number of amides is 1. The number of nitrogens with zero attached hydrogens (tertiary/aromatic N) is 3. The number of carbonyl (C=O) groups is 1. The fourth-order valence-electron chi connectivity index (χ4n) is 2.51. The number of aromatic nitrogens is 2. The van der Waals surface area contributed by atoms with Gasteiger partial charge in [-0.25, -0.2) is 13.8 Å². The molecule has 1 heterocycles. The molecule has 0 aliphatic carbocycles. The van der Waals surface area contributed by atoms with Gasteiger partial charge >= 0.3 is 0 Å². The van der Waals surface area contributed by atoms with Crippen LogP contribution in [-0.2, 0) is 0 Å². The summed E-state index contributed by atoms with van der Waals surface area (Å²) in [5.41, 5.74) is 1.30. The Hall–Kier alpha value is -3.55. The molecule has 6 nitrogen and oxygen atoms in total. The van der Waals surface area contributed by atoms with Crippen LogP contribution in [0.25, 0.3) is 0 Å². The van der Waals surface area contributed by atoms with Gasteiger partial charge in [0.25, 0.3) is 5.91 Å². The molecule has 0 saturated heterocycles. The Balaban J connectivity index is 1.73. The maximum absolute atomic E-state index is 13.7. The SMILES string of the molecule is Cc1cc(N(C)C)nc(Nc2ccc(NC(=O)c3c(F)cccc3F)cc2)n1. The van der Waals surface area contributed by atoms with Crippen molar-refractivity contribution in [2.45, 2.75) is 6.92 Å². The van der Waals surface area contributed by atoms with Crippen molar-refractivity contribution in [3.05, 3.63) is 71.4 Å². The Morgan fingerprint density at radius 1 is 0.964 bits per heavy atom. The van der Waals surface area contributed by atoms with Gasteiger partial charge in [-0.1, -0.05) is 6.07 Å². The largest absolute Gasteiger partial charge is 0.363 e. The Morgan fingerprint density at radius 2 is 1.57 bits per heavy atom. The first-order chi connectivity index (χ1) is 13.3. The molecule has 3 rings (SSSR count). The lowest BCUT2D eigenvalue weighted by Gasteiger charge is -2.14. The van der Waals surface area contributed by atoms with Crippen LogP contribution in [0.2, 0.25) is 0 Å². The quantitative estimate of drug-likeness (QED) is 0.693. The van der Waals surface area contributed by atoms with E-state index >= 15 is 0 Å². The van der Waals surface area contributed by atoms with Gasteiger partial charge in [0.1, 0.15) is 23.0 Å². The molecule has 0 unspecified atom stereocenters. The minimum absolute atomic E-state index is 0.400. The van der Waals surface area contributed by atoms with Crippen molar-refractivity contribution in [1.82, 2.24) is 9.97 Å². The maximum atomic E-state index is 13.7. The lowest BCUT2D eigenvalue weighted by molar-refractivity contribution is 0.101. The summed E-state index contributed by atoms with van der Waals surface area (Å²) in [6, 6.07) is 11.8. The fraction of sp³-hybridized carbons (Fsp3) is 0.150. The van der Waals surface area contributed by atoms with Crippen LogP contribution in [0.3, 0.4) is 0 Å². The van der Waals surface area contributed by atoms with E-state index in [4.69, 9.17) is 0 Å². The van der Waals surface area contributed by atoms with Crippen LogP contribution < -0.4 is 15.5 Å². The standard InChI is InChI=1S/C20H19F2N5O/c1-12-11-17(27(2)3)26-20(23-12)25-14-9-7-13(8-10-14)24-19(28)18-15(21)5-4-6-16(18)22/h4-11H,1-3H3,(H,24,28)(H,23,25,26). The van der Waals surface area contributed by atoms with Gasteiger partial charge in [-0.05, 0) is 43.3 Å². The second-order valence-electron chi connectivity index (χ2n) is 6.34. The number of hydrogen-bond acceptors (Lipinski definition) is 5. The number of carbonyl (C=O) groups excluding carboxylic acids is 1. The van der Waals surface area contributed by atoms with Crippen molar-refractivity contribution in [3.63, 3.8) is 0 Å². The number of rotatable bonds is 5. The molecule has 0 aliphatic heterocycles. The highest BCUT2D eigenvalue weighted by Crippen LogP contribution is 2.20. The normalized spacial score (nSPS) is 10.5. The van der Waals surface area contributed by atoms with Crippen molar-refractivity contribution < 1.29 is 13.6 Å². The average molecular weight is 383 g/mol. The van der Waals surface area contributed by atoms with Gasteiger partial charge in [-0.15, -0.1) is 0 Å². The summed E-state index contributed by atoms with van der Waals surface area (Å²) in [5, 5.41) is 5.57. The Labute approximate surface area is 161 Å². The number of aryl methyl sites for hydroxylation is 1. The molecule has 2 N–H and O–H groups in total. The van der Waals surface area contributed by atoms with Crippen molar-refractivity contribution >= 4 is 29.0 Å². The first kappa shape index (κ1) is 19.2. The van der Waals surface area contributed by atoms with Gasteiger partial charge in [0, 0.05) is 37.2 Å². The maximum Gasteiger partial charge on any atom is 0.261 e. The van der Waals surface area contributed by atoms with Gasteiger partial charge in [0.05, 0.1) is 0 Å². The van der Waals surface area contributed by atoms with Gasteiger partial charge in [0.15, 0.2) is 0 Å². The van der Waals surface area contributed by atoms with E-state index in [1.165, 1.54) is 6.07 Å². The molecule has 3 aromatic rings. The Morgan fingerprint density at radius 3 is 2.18 bits per heavy atom. The minimum atomic E-state index is -0.913. The smallest absolute Gasteiger partial charge is 0.261 e. The van der Waals surface area contributed by atoms with Crippen molar-refractivity contribution in [2.75, 3.05) is 29.6 Å². The van der Waals surface area contributed by atoms with E-state index in [-0.39, 0.29) is 0 Å². The molecule has 28 heavy (non-hydrogen) atoms. The van der Waals surface area contributed by atoms with Crippen molar-refractivity contribution in [3.8, 4) is 0 Å². The zero-order valence-electron chi connectivity index (χ0n) is 15.6. The van der Waals surface area contributed by atoms with E-state index < -0.39 is 23.1 Å². The monoisotopic (exact) mass is 383 g/mol. The summed E-state index contributed by atoms with van der Waals surface area (Å²) in [7, 11) is 3.78. The van der Waals surface area contributed by atoms with E-state index in [9.17, 15) is 13.6 Å². The molecule has 0 radical (unpaired) electrons. The molecular formula is C20H19F2N5O. The first-order valence-electron chi connectivity index (χ1n) is 8.49. The van der Waals surface area contributed by atoms with E-state index in [1.54, 1.807) is 24.3 Å². The van der Waals surface area contributed by atoms with Crippen molar-refractivity contribution in [1.29, 1.82) is 0 Å². The van der Waals surface area contributed by atoms with Gasteiger partial charge in [-0.3, -0.25) is 4.79 Å². The number of anilines is 4. The zero-order valence-corrected chi connectivity index (χ0v) is 15.6. The van der Waals surface area contributed by atoms with Crippen LogP contribution in [-0.4, -0.2) is 30.0 Å². The molecule has 1 amide bonds. The van der Waals surface area contributed by atoms with E-state index in [1.807, 2.05) is 32.0 Å². The summed E-state index contributed by atoms with van der Waals surface area (Å²) in [4.78, 5) is 22.8. The van der Waals surface area contributed by atoms with Crippen LogP contribution in [0.5, 0.6) is 0 Å². The van der Waals surface area contributed by atoms with E-state index in [2.05, 4.69) is 20.6 Å². The number of hydrogen-bond donors (Lipinski definition) is 2. The minimum Gasteiger partial charge on any atom is -0.363 e. The third-order valence-electron chi connectivity index (χ3n) is 3.89. The van der Waals surface area contributed by atoms with E-state index in [0.717, 1.165) is 23.6 Å². The second kappa shape index (κ2) is 7.99. The lowest BCUT2D eigenvalue weighted by Crippen LogP contribution is -2.15. The van der Waals surface area contributed by atoms with Crippen molar-refractivity contribution in [2.24, 2.45) is 0 Å². The summed E-state index contributed by atoms with van der Waals surface area (Å²) >= 11 is 0. The van der Waals surface area contributed by atoms with Crippen LogP contribution in [0.15, 0.2) is 48.5 Å². The van der Waals surface area contributed by atoms with Gasteiger partial charge < -0.3 is 15.5 Å². The molecule has 0 saturated carbocycles. The predicted octanol–water partition coefficient (Wildman–Crippen LogP) is 4.13. The Kier molecular flexibility index (Phi) is 5.49. The molecule has 1 aromatic heterocycles. The molecule has 0 aliphatic rings. The van der Waals surface area contributed by atoms with Gasteiger partial charge in [0.2, 0.25) is 5.95 Å². The van der Waals surface area contributed by atoms with Crippen LogP contribution in [0, 0.1) is 18.6 Å². The van der Waals surface area contributed by atoms with Crippen LogP contribution in [0.1, 0.15) is 16.1 Å². The third-order valence-corrected chi connectivity index (χ3v) is 3.89. The Bertz CT molecular complexity index is 986. The topological polar surface area (TPSA) is 70.2 Å². The summed E-state index contributed by atoms with van der Waals surface area (Å²) in [5.74, 6) is -1.47. The van der Waals surface area contributed by atoms with Gasteiger partial charge in [-0.2, -0.15) is 4.98 Å². The summed E-state index contributed by atoms with van der Waals surface area (Å²) in [6.45, 7) is 1.88. The molecule has 0 spiro atoms. The summed E-state index contributed by atoms with van der Waals surface area (Å²) < 4.78 is 27.4. The second-order valence-corrected chi connectivity index (χ2v) is 6.34. The highest BCUT2D eigenvalue weighted by Gasteiger charge is 2.17. The molecule has 2 aromatic carbocycles. The molecule has 0 bridgehead atoms. The predicted molar refractivity (Wildman–Crippen MR) is 105 cm³/mol. The van der Waals surface area contributed by atoms with E-state index in [0.29, 0.717) is 17.3 Å². The highest BCUT2D eigenvalue weighted by atomic mass is 19.1. The third kappa shape index (κ3) is 4.40. The van der Waals surface area contributed by atoms with Crippen LogP contribution in [0.4, 0.5) is 31.9 Å². The molecule has 8 heteroatoms. The average Bonchev–Trinajstić information content (AvgIpc) is 2.62. The zero-order chi connectivity index (χ0) is 20.3. The first-order valence-corrected chi connectivity index (χ1v) is 8.49.